The van der Waals surface area contributed by atoms with Gasteiger partial charge in [0.15, 0.2) is 0 Å². The summed E-state index contributed by atoms with van der Waals surface area (Å²) in [6.07, 6.45) is 1.82. The predicted octanol–water partition coefficient (Wildman–Crippen LogP) is -0.0938. The van der Waals surface area contributed by atoms with Gasteiger partial charge in [0.1, 0.15) is 6.29 Å². The molecule has 0 aromatic rings. The number of aldehydes is 1. The number of hydrogen-bond acceptors (Lipinski definition) is 4. The van der Waals surface area contributed by atoms with Crippen LogP contribution < -0.4 is 0 Å². The second-order valence-electron chi connectivity index (χ2n) is 3.88. The van der Waals surface area contributed by atoms with Gasteiger partial charge in [-0.05, 0) is 13.0 Å². The van der Waals surface area contributed by atoms with Gasteiger partial charge in [0.2, 0.25) is 0 Å². The van der Waals surface area contributed by atoms with Crippen LogP contribution in [0.25, 0.3) is 0 Å². The average molecular weight is 201 g/mol. The first kappa shape index (κ1) is 11.6. The third-order valence-corrected chi connectivity index (χ3v) is 2.79. The van der Waals surface area contributed by atoms with Crippen molar-refractivity contribution in [3.05, 3.63) is 0 Å². The van der Waals surface area contributed by atoms with Gasteiger partial charge in [0.25, 0.3) is 0 Å². The van der Waals surface area contributed by atoms with E-state index in [2.05, 4.69) is 4.90 Å². The van der Waals surface area contributed by atoms with E-state index < -0.39 is 0 Å². The van der Waals surface area contributed by atoms with Gasteiger partial charge in [0, 0.05) is 19.7 Å². The van der Waals surface area contributed by atoms with E-state index >= 15 is 0 Å². The summed E-state index contributed by atoms with van der Waals surface area (Å²) >= 11 is 0. The highest BCUT2D eigenvalue weighted by molar-refractivity contribution is 5.60. The molecule has 1 aliphatic heterocycles. The number of hydrogen-bond donors (Lipinski definition) is 1. The summed E-state index contributed by atoms with van der Waals surface area (Å²) in [7, 11) is 0. The summed E-state index contributed by atoms with van der Waals surface area (Å²) in [5.74, 6) is 0. The lowest BCUT2D eigenvalue weighted by atomic mass is 9.88. The van der Waals surface area contributed by atoms with Crippen LogP contribution in [0.1, 0.15) is 13.3 Å². The minimum atomic E-state index is -0.328. The van der Waals surface area contributed by atoms with E-state index in [1.54, 1.807) is 0 Å². The molecule has 1 heterocycles. The van der Waals surface area contributed by atoms with Crippen molar-refractivity contribution in [3.8, 4) is 0 Å². The molecule has 0 aliphatic carbocycles. The third kappa shape index (κ3) is 2.77. The quantitative estimate of drug-likeness (QED) is 0.610. The molecule has 14 heavy (non-hydrogen) atoms. The van der Waals surface area contributed by atoms with Crippen LogP contribution in [-0.2, 0) is 9.53 Å². The molecule has 1 N–H and O–H groups in total. The second kappa shape index (κ2) is 5.44. The first-order valence-electron chi connectivity index (χ1n) is 5.13. The van der Waals surface area contributed by atoms with Gasteiger partial charge in [0.05, 0.1) is 18.6 Å². The van der Waals surface area contributed by atoms with Crippen molar-refractivity contribution in [1.29, 1.82) is 0 Å². The number of carbonyl (C=O) groups excluding carboxylic acids is 1. The smallest absolute Gasteiger partial charge is 0.129 e. The monoisotopic (exact) mass is 201 g/mol. The zero-order chi connectivity index (χ0) is 10.4. The van der Waals surface area contributed by atoms with Crippen molar-refractivity contribution in [2.75, 3.05) is 39.5 Å². The molecule has 0 bridgehead atoms. The van der Waals surface area contributed by atoms with Crippen molar-refractivity contribution >= 4 is 6.29 Å². The van der Waals surface area contributed by atoms with Gasteiger partial charge >= 0.3 is 0 Å². The van der Waals surface area contributed by atoms with Crippen LogP contribution in [0.5, 0.6) is 0 Å². The molecule has 0 saturated carbocycles. The van der Waals surface area contributed by atoms with Crippen LogP contribution >= 0.6 is 0 Å². The Morgan fingerprint density at radius 1 is 1.64 bits per heavy atom. The number of likely N-dealkylation sites (N-methyl/N-ethyl adjacent to an activating group) is 1. The number of nitrogens with zero attached hydrogens (tertiary/aromatic N) is 1. The highest BCUT2D eigenvalue weighted by atomic mass is 16.5. The lowest BCUT2D eigenvalue weighted by Crippen LogP contribution is -2.40. The summed E-state index contributed by atoms with van der Waals surface area (Å²) in [5.41, 5.74) is -0.328. The van der Waals surface area contributed by atoms with Crippen molar-refractivity contribution in [3.63, 3.8) is 0 Å². The maximum atomic E-state index is 11.0. The van der Waals surface area contributed by atoms with Crippen molar-refractivity contribution in [2.45, 2.75) is 13.3 Å². The molecule has 1 fully saturated rings. The van der Waals surface area contributed by atoms with Gasteiger partial charge in [-0.2, -0.15) is 0 Å². The fourth-order valence-corrected chi connectivity index (χ4v) is 1.81. The lowest BCUT2D eigenvalue weighted by Gasteiger charge is -2.28. The molecule has 1 atom stereocenters. The van der Waals surface area contributed by atoms with E-state index in [1.807, 2.05) is 6.92 Å². The van der Waals surface area contributed by atoms with E-state index in [4.69, 9.17) is 9.84 Å². The largest absolute Gasteiger partial charge is 0.395 e. The molecule has 1 rings (SSSR count). The number of aliphatic hydroxyl groups is 1. The maximum absolute atomic E-state index is 11.0. The van der Waals surface area contributed by atoms with E-state index in [0.717, 1.165) is 19.3 Å². The Morgan fingerprint density at radius 2 is 2.43 bits per heavy atom. The van der Waals surface area contributed by atoms with Crippen molar-refractivity contribution in [2.24, 2.45) is 5.41 Å². The van der Waals surface area contributed by atoms with Crippen LogP contribution in [0.3, 0.4) is 0 Å². The Balaban J connectivity index is 2.49. The zero-order valence-corrected chi connectivity index (χ0v) is 8.74. The molecule has 0 aromatic carbocycles. The summed E-state index contributed by atoms with van der Waals surface area (Å²) in [5, 5.41) is 8.84. The first-order chi connectivity index (χ1) is 6.76. The highest BCUT2D eigenvalue weighted by Crippen LogP contribution is 2.27. The molecule has 4 nitrogen and oxygen atoms in total. The number of rotatable bonds is 6. The Bertz CT molecular complexity index is 178. The Labute approximate surface area is 84.8 Å². The predicted molar refractivity (Wildman–Crippen MR) is 53.1 cm³/mol. The first-order valence-corrected chi connectivity index (χ1v) is 5.13. The Hall–Kier alpha value is -0.450. The summed E-state index contributed by atoms with van der Waals surface area (Å²) in [6.45, 7) is 5.57. The Morgan fingerprint density at radius 3 is 2.86 bits per heavy atom. The summed E-state index contributed by atoms with van der Waals surface area (Å²) in [4.78, 5) is 13.1. The molecule has 0 amide bonds. The van der Waals surface area contributed by atoms with Crippen molar-refractivity contribution < 1.29 is 14.6 Å². The molecule has 1 aliphatic rings. The minimum absolute atomic E-state index is 0.142. The van der Waals surface area contributed by atoms with E-state index in [9.17, 15) is 4.79 Å². The van der Waals surface area contributed by atoms with Crippen LogP contribution in [0.2, 0.25) is 0 Å². The van der Waals surface area contributed by atoms with E-state index in [0.29, 0.717) is 26.3 Å². The van der Waals surface area contributed by atoms with Crippen LogP contribution in [0.15, 0.2) is 0 Å². The summed E-state index contributed by atoms with van der Waals surface area (Å²) < 4.78 is 5.25. The fraction of sp³-hybridized carbons (Fsp3) is 0.900. The number of carbonyl (C=O) groups is 1. The molecule has 82 valence electrons. The standard InChI is InChI=1S/C10H19NO3/c1-2-11(4-5-12)7-10(8-13)3-6-14-9-10/h8,12H,2-7,9H2,1H3. The van der Waals surface area contributed by atoms with Gasteiger partial charge in [-0.25, -0.2) is 0 Å². The normalized spacial score (nSPS) is 27.1. The topological polar surface area (TPSA) is 49.8 Å². The lowest BCUT2D eigenvalue weighted by molar-refractivity contribution is -0.117. The zero-order valence-electron chi connectivity index (χ0n) is 8.74. The van der Waals surface area contributed by atoms with Gasteiger partial charge in [-0.1, -0.05) is 6.92 Å². The van der Waals surface area contributed by atoms with E-state index in [-0.39, 0.29) is 12.0 Å². The van der Waals surface area contributed by atoms with Crippen LogP contribution in [0.4, 0.5) is 0 Å². The molecule has 1 saturated heterocycles. The molecule has 0 radical (unpaired) electrons. The SMILES string of the molecule is CCN(CCO)CC1(C=O)CCOC1. The molecule has 0 aromatic heterocycles. The van der Waals surface area contributed by atoms with Crippen LogP contribution in [-0.4, -0.2) is 55.7 Å². The van der Waals surface area contributed by atoms with Crippen molar-refractivity contribution in [1.82, 2.24) is 4.90 Å². The van der Waals surface area contributed by atoms with Gasteiger partial charge in [-0.15, -0.1) is 0 Å². The highest BCUT2D eigenvalue weighted by Gasteiger charge is 2.35. The van der Waals surface area contributed by atoms with Crippen LogP contribution in [0, 0.1) is 5.41 Å². The Kier molecular flexibility index (Phi) is 4.51. The molecule has 4 heteroatoms. The van der Waals surface area contributed by atoms with E-state index in [1.165, 1.54) is 0 Å². The minimum Gasteiger partial charge on any atom is -0.395 e. The van der Waals surface area contributed by atoms with Gasteiger partial charge < -0.3 is 19.5 Å². The molecule has 1 unspecified atom stereocenters. The molecular weight excluding hydrogens is 182 g/mol. The second-order valence-corrected chi connectivity index (χ2v) is 3.88. The molecular formula is C10H19NO3. The number of ether oxygens (including phenoxy) is 1. The fourth-order valence-electron chi connectivity index (χ4n) is 1.81. The summed E-state index contributed by atoms with van der Waals surface area (Å²) in [6, 6.07) is 0. The number of aliphatic hydroxyl groups excluding tert-OH is 1. The molecule has 0 spiro atoms. The maximum Gasteiger partial charge on any atom is 0.129 e. The third-order valence-electron chi connectivity index (χ3n) is 2.79. The van der Waals surface area contributed by atoms with Gasteiger partial charge in [-0.3, -0.25) is 0 Å². The average Bonchev–Trinajstić information content (AvgIpc) is 2.66.